The number of rotatable bonds is 7. The minimum atomic E-state index is 0.430. The van der Waals surface area contributed by atoms with Gasteiger partial charge in [0.15, 0.2) is 0 Å². The quantitative estimate of drug-likeness (QED) is 0.813. The van der Waals surface area contributed by atoms with Crippen molar-refractivity contribution >= 4 is 0 Å². The Bertz CT molecular complexity index is 504. The summed E-state index contributed by atoms with van der Waals surface area (Å²) in [6.07, 6.45) is 2.00. The Balaban J connectivity index is 1.84. The zero-order valence-corrected chi connectivity index (χ0v) is 12.5. The summed E-state index contributed by atoms with van der Waals surface area (Å²) in [6, 6.07) is 13.2. The molecule has 4 nitrogen and oxygen atoms in total. The zero-order chi connectivity index (χ0) is 14.4. The van der Waals surface area contributed by atoms with Gasteiger partial charge in [0.05, 0.1) is 11.4 Å². The molecule has 0 radical (unpaired) electrons. The monoisotopic (exact) mass is 272 g/mol. The van der Waals surface area contributed by atoms with Gasteiger partial charge in [0.25, 0.3) is 0 Å². The first-order valence-electron chi connectivity index (χ1n) is 7.22. The van der Waals surface area contributed by atoms with Crippen LogP contribution in [-0.4, -0.2) is 28.4 Å². The Labute approximate surface area is 121 Å². The SMILES string of the molecule is CC(C)NCC(C)NCc1ccn(-c2ccccc2)n1. The molecule has 1 aromatic carbocycles. The number of benzene rings is 1. The van der Waals surface area contributed by atoms with Gasteiger partial charge in [-0.1, -0.05) is 32.0 Å². The van der Waals surface area contributed by atoms with Crippen molar-refractivity contribution in [1.82, 2.24) is 20.4 Å². The summed E-state index contributed by atoms with van der Waals surface area (Å²) >= 11 is 0. The third-order valence-electron chi connectivity index (χ3n) is 3.13. The molecule has 0 fully saturated rings. The van der Waals surface area contributed by atoms with E-state index >= 15 is 0 Å². The molecule has 1 atom stereocenters. The van der Waals surface area contributed by atoms with E-state index in [0.29, 0.717) is 12.1 Å². The summed E-state index contributed by atoms with van der Waals surface area (Å²) < 4.78 is 1.91. The van der Waals surface area contributed by atoms with Gasteiger partial charge in [-0.25, -0.2) is 4.68 Å². The van der Waals surface area contributed by atoms with E-state index in [1.54, 1.807) is 0 Å². The fourth-order valence-corrected chi connectivity index (χ4v) is 1.94. The number of hydrogen-bond donors (Lipinski definition) is 2. The summed E-state index contributed by atoms with van der Waals surface area (Å²) in [5, 5.41) is 11.5. The van der Waals surface area contributed by atoms with Gasteiger partial charge in [-0.05, 0) is 25.1 Å². The molecule has 0 bridgehead atoms. The standard InChI is InChI=1S/C16H24N4/c1-13(2)17-11-14(3)18-12-15-9-10-20(19-15)16-7-5-4-6-8-16/h4-10,13-14,17-18H,11-12H2,1-3H3. The third kappa shape index (κ3) is 4.47. The van der Waals surface area contributed by atoms with E-state index in [9.17, 15) is 0 Å². The summed E-state index contributed by atoms with van der Waals surface area (Å²) in [5.74, 6) is 0. The van der Waals surface area contributed by atoms with E-state index in [4.69, 9.17) is 0 Å². The molecule has 1 heterocycles. The third-order valence-corrected chi connectivity index (χ3v) is 3.13. The normalized spacial score (nSPS) is 12.8. The van der Waals surface area contributed by atoms with Crippen LogP contribution in [0, 0.1) is 0 Å². The van der Waals surface area contributed by atoms with Crippen molar-refractivity contribution in [3.8, 4) is 5.69 Å². The first-order chi connectivity index (χ1) is 9.65. The lowest BCUT2D eigenvalue weighted by molar-refractivity contribution is 0.471. The summed E-state index contributed by atoms with van der Waals surface area (Å²) in [4.78, 5) is 0. The summed E-state index contributed by atoms with van der Waals surface area (Å²) in [6.45, 7) is 8.27. The Hall–Kier alpha value is -1.65. The Morgan fingerprint density at radius 2 is 1.80 bits per heavy atom. The maximum atomic E-state index is 4.58. The van der Waals surface area contributed by atoms with Crippen molar-refractivity contribution < 1.29 is 0 Å². The lowest BCUT2D eigenvalue weighted by Crippen LogP contribution is -2.38. The van der Waals surface area contributed by atoms with Crippen molar-refractivity contribution in [1.29, 1.82) is 0 Å². The van der Waals surface area contributed by atoms with Gasteiger partial charge in [-0.15, -0.1) is 0 Å². The van der Waals surface area contributed by atoms with Gasteiger partial charge < -0.3 is 10.6 Å². The van der Waals surface area contributed by atoms with E-state index < -0.39 is 0 Å². The van der Waals surface area contributed by atoms with Crippen molar-refractivity contribution in [2.24, 2.45) is 0 Å². The van der Waals surface area contributed by atoms with Crippen LogP contribution in [0.15, 0.2) is 42.6 Å². The molecule has 0 aliphatic heterocycles. The molecule has 2 aromatic rings. The molecule has 2 N–H and O–H groups in total. The second kappa shape index (κ2) is 7.22. The first kappa shape index (κ1) is 14.8. The van der Waals surface area contributed by atoms with Crippen LogP contribution in [0.5, 0.6) is 0 Å². The maximum Gasteiger partial charge on any atom is 0.0766 e. The highest BCUT2D eigenvalue weighted by atomic mass is 15.3. The van der Waals surface area contributed by atoms with Gasteiger partial charge in [-0.2, -0.15) is 5.10 Å². The number of nitrogens with one attached hydrogen (secondary N) is 2. The number of nitrogens with zero attached hydrogens (tertiary/aromatic N) is 2. The highest BCUT2D eigenvalue weighted by Crippen LogP contribution is 2.06. The van der Waals surface area contributed by atoms with E-state index in [1.165, 1.54) is 0 Å². The Kier molecular flexibility index (Phi) is 5.32. The van der Waals surface area contributed by atoms with Crippen molar-refractivity contribution in [2.75, 3.05) is 6.54 Å². The Morgan fingerprint density at radius 1 is 1.05 bits per heavy atom. The minimum absolute atomic E-state index is 0.430. The smallest absolute Gasteiger partial charge is 0.0766 e. The van der Waals surface area contributed by atoms with Gasteiger partial charge in [0.2, 0.25) is 0 Å². The molecule has 0 saturated carbocycles. The predicted molar refractivity (Wildman–Crippen MR) is 83.0 cm³/mol. The molecule has 4 heteroatoms. The van der Waals surface area contributed by atoms with Crippen LogP contribution >= 0.6 is 0 Å². The average Bonchev–Trinajstić information content (AvgIpc) is 2.93. The van der Waals surface area contributed by atoms with Crippen molar-refractivity contribution in [2.45, 2.75) is 39.4 Å². The molecule has 0 saturated heterocycles. The van der Waals surface area contributed by atoms with Crippen LogP contribution in [0.25, 0.3) is 5.69 Å². The summed E-state index contributed by atoms with van der Waals surface area (Å²) in [7, 11) is 0. The molecule has 0 aliphatic rings. The summed E-state index contributed by atoms with van der Waals surface area (Å²) in [5.41, 5.74) is 2.15. The highest BCUT2D eigenvalue weighted by Gasteiger charge is 2.05. The van der Waals surface area contributed by atoms with Crippen LogP contribution in [0.3, 0.4) is 0 Å². The van der Waals surface area contributed by atoms with Crippen molar-refractivity contribution in [3.63, 3.8) is 0 Å². The highest BCUT2D eigenvalue weighted by molar-refractivity contribution is 5.30. The van der Waals surface area contributed by atoms with Crippen LogP contribution in [0.2, 0.25) is 0 Å². The van der Waals surface area contributed by atoms with E-state index in [1.807, 2.05) is 29.1 Å². The Morgan fingerprint density at radius 3 is 2.50 bits per heavy atom. The van der Waals surface area contributed by atoms with Crippen molar-refractivity contribution in [3.05, 3.63) is 48.3 Å². The van der Waals surface area contributed by atoms with E-state index in [0.717, 1.165) is 24.5 Å². The molecular formula is C16H24N4. The van der Waals surface area contributed by atoms with Gasteiger partial charge in [0, 0.05) is 31.4 Å². The zero-order valence-electron chi connectivity index (χ0n) is 12.5. The van der Waals surface area contributed by atoms with E-state index in [-0.39, 0.29) is 0 Å². The second-order valence-corrected chi connectivity index (χ2v) is 5.43. The fourth-order valence-electron chi connectivity index (χ4n) is 1.94. The second-order valence-electron chi connectivity index (χ2n) is 5.43. The molecule has 0 aliphatic carbocycles. The van der Waals surface area contributed by atoms with Gasteiger partial charge in [0.1, 0.15) is 0 Å². The largest absolute Gasteiger partial charge is 0.313 e. The molecule has 0 spiro atoms. The molecule has 2 rings (SSSR count). The molecule has 108 valence electrons. The lowest BCUT2D eigenvalue weighted by atomic mass is 10.3. The molecule has 0 amide bonds. The van der Waals surface area contributed by atoms with Crippen LogP contribution < -0.4 is 10.6 Å². The molecule has 20 heavy (non-hydrogen) atoms. The van der Waals surface area contributed by atoms with E-state index in [2.05, 4.69) is 54.7 Å². The van der Waals surface area contributed by atoms with Crippen LogP contribution in [0.4, 0.5) is 0 Å². The topological polar surface area (TPSA) is 41.9 Å². The predicted octanol–water partition coefficient (Wildman–Crippen LogP) is 2.35. The first-order valence-corrected chi connectivity index (χ1v) is 7.22. The van der Waals surface area contributed by atoms with Crippen LogP contribution in [-0.2, 0) is 6.54 Å². The van der Waals surface area contributed by atoms with Gasteiger partial charge >= 0.3 is 0 Å². The number of hydrogen-bond acceptors (Lipinski definition) is 3. The molecule has 1 unspecified atom stereocenters. The average molecular weight is 272 g/mol. The molecular weight excluding hydrogens is 248 g/mol. The number of aromatic nitrogens is 2. The van der Waals surface area contributed by atoms with Crippen LogP contribution in [0.1, 0.15) is 26.5 Å². The van der Waals surface area contributed by atoms with Gasteiger partial charge in [-0.3, -0.25) is 0 Å². The minimum Gasteiger partial charge on any atom is -0.313 e. The molecule has 1 aromatic heterocycles. The fraction of sp³-hybridized carbons (Fsp3) is 0.438. The number of para-hydroxylation sites is 1. The maximum absolute atomic E-state index is 4.58. The lowest BCUT2D eigenvalue weighted by Gasteiger charge is -2.15.